The second-order valence-electron chi connectivity index (χ2n) is 5.09. The molecule has 0 saturated carbocycles. The standard InChI is InChI=1S/C13H13N5O6/c1-5(19)17-4-14-8-9(17)15-13-16-10(23-6(2)20)12(24-7(3)21)18(13)11(8)22/h4,10,12H,1-3H3,(H,15,16). The van der Waals surface area contributed by atoms with Crippen LogP contribution in [0.2, 0.25) is 0 Å². The molecule has 2 aromatic heterocycles. The van der Waals surface area contributed by atoms with Crippen LogP contribution < -0.4 is 10.9 Å². The number of nitrogens with one attached hydrogen (secondary N) is 1. The molecular formula is C13H13N5O6. The Labute approximate surface area is 134 Å². The normalized spacial score (nSPS) is 18.8. The number of esters is 2. The van der Waals surface area contributed by atoms with Crippen molar-refractivity contribution in [3.05, 3.63) is 16.7 Å². The third-order valence-electron chi connectivity index (χ3n) is 3.31. The molecule has 0 amide bonds. The maximum Gasteiger partial charge on any atom is 0.304 e. The summed E-state index contributed by atoms with van der Waals surface area (Å²) in [5.74, 6) is -1.69. The number of carbonyl (C=O) groups excluding carboxylic acids is 3. The van der Waals surface area contributed by atoms with Crippen LogP contribution in [0.4, 0.5) is 5.95 Å². The van der Waals surface area contributed by atoms with Gasteiger partial charge in [0.2, 0.25) is 24.3 Å². The van der Waals surface area contributed by atoms with E-state index in [0.717, 1.165) is 16.1 Å². The molecule has 0 saturated heterocycles. The molecule has 3 rings (SSSR count). The van der Waals surface area contributed by atoms with Gasteiger partial charge in [-0.3, -0.25) is 23.7 Å². The summed E-state index contributed by atoms with van der Waals surface area (Å²) < 4.78 is 12.2. The van der Waals surface area contributed by atoms with Crippen molar-refractivity contribution in [1.82, 2.24) is 19.1 Å². The van der Waals surface area contributed by atoms with Gasteiger partial charge in [-0.25, -0.2) is 9.55 Å². The molecule has 1 aliphatic heterocycles. The second-order valence-corrected chi connectivity index (χ2v) is 5.09. The minimum absolute atomic E-state index is 0.00648. The Kier molecular flexibility index (Phi) is 3.55. The summed E-state index contributed by atoms with van der Waals surface area (Å²) in [5.41, 5.74) is -0.656. The van der Waals surface area contributed by atoms with Crippen LogP contribution in [0.5, 0.6) is 0 Å². The highest BCUT2D eigenvalue weighted by atomic mass is 16.6. The average molecular weight is 335 g/mol. The number of hydrogen-bond acceptors (Lipinski definition) is 9. The highest BCUT2D eigenvalue weighted by Crippen LogP contribution is 2.28. The van der Waals surface area contributed by atoms with E-state index in [1.54, 1.807) is 0 Å². The molecule has 0 bridgehead atoms. The molecular weight excluding hydrogens is 322 g/mol. The van der Waals surface area contributed by atoms with Crippen LogP contribution in [0.3, 0.4) is 0 Å². The number of anilines is 1. The summed E-state index contributed by atoms with van der Waals surface area (Å²) in [6, 6.07) is 0. The highest BCUT2D eigenvalue weighted by molar-refractivity contribution is 5.87. The van der Waals surface area contributed by atoms with Gasteiger partial charge >= 0.3 is 11.9 Å². The Balaban J connectivity index is 2.18. The van der Waals surface area contributed by atoms with Crippen LogP contribution in [0.15, 0.2) is 11.1 Å². The highest BCUT2D eigenvalue weighted by Gasteiger charge is 2.40. The van der Waals surface area contributed by atoms with E-state index in [4.69, 9.17) is 9.47 Å². The molecule has 126 valence electrons. The number of fused-ring (bicyclic) bond motifs is 2. The van der Waals surface area contributed by atoms with E-state index in [1.807, 2.05) is 0 Å². The van der Waals surface area contributed by atoms with Crippen LogP contribution in [0.25, 0.3) is 11.2 Å². The topological polar surface area (TPSA) is 134 Å². The number of hydrogen-bond donors (Lipinski definition) is 1. The molecule has 1 N–H and O–H groups in total. The Morgan fingerprint density at radius 1 is 1.17 bits per heavy atom. The third-order valence-corrected chi connectivity index (χ3v) is 3.31. The van der Waals surface area contributed by atoms with Crippen molar-refractivity contribution in [2.75, 3.05) is 5.32 Å². The zero-order chi connectivity index (χ0) is 17.6. The maximum absolute atomic E-state index is 12.6. The predicted octanol–water partition coefficient (Wildman–Crippen LogP) is -0.371. The summed E-state index contributed by atoms with van der Waals surface area (Å²) in [5, 5.41) is 2.69. The van der Waals surface area contributed by atoms with E-state index in [2.05, 4.69) is 15.3 Å². The van der Waals surface area contributed by atoms with Gasteiger partial charge in [0.15, 0.2) is 11.2 Å². The lowest BCUT2D eigenvalue weighted by atomic mass is 10.4. The Bertz CT molecular complexity index is 929. The van der Waals surface area contributed by atoms with Crippen molar-refractivity contribution in [3.8, 4) is 0 Å². The summed E-state index contributed by atoms with van der Waals surface area (Å²) in [6.07, 6.45) is -1.17. The van der Waals surface area contributed by atoms with Crippen LogP contribution in [0.1, 0.15) is 31.8 Å². The zero-order valence-electron chi connectivity index (χ0n) is 13.0. The molecule has 24 heavy (non-hydrogen) atoms. The van der Waals surface area contributed by atoms with Gasteiger partial charge < -0.3 is 14.8 Å². The summed E-state index contributed by atoms with van der Waals surface area (Å²) >= 11 is 0. The fourth-order valence-corrected chi connectivity index (χ4v) is 2.42. The van der Waals surface area contributed by atoms with Crippen LogP contribution >= 0.6 is 0 Å². The molecule has 0 spiro atoms. The first-order valence-electron chi connectivity index (χ1n) is 6.91. The molecule has 0 aromatic carbocycles. The molecule has 0 aliphatic carbocycles. The first-order chi connectivity index (χ1) is 11.3. The monoisotopic (exact) mass is 335 g/mol. The quantitative estimate of drug-likeness (QED) is 0.729. The summed E-state index contributed by atoms with van der Waals surface area (Å²) in [6.45, 7) is 3.63. The fourth-order valence-electron chi connectivity index (χ4n) is 2.42. The number of ether oxygens (including phenoxy) is 2. The van der Waals surface area contributed by atoms with E-state index < -0.39 is 30.0 Å². The predicted molar refractivity (Wildman–Crippen MR) is 78.1 cm³/mol. The van der Waals surface area contributed by atoms with E-state index in [-0.39, 0.29) is 23.0 Å². The molecule has 3 heterocycles. The lowest BCUT2D eigenvalue weighted by molar-refractivity contribution is -0.168. The molecule has 0 fully saturated rings. The lowest BCUT2D eigenvalue weighted by Gasteiger charge is -2.19. The third kappa shape index (κ3) is 2.39. The average Bonchev–Trinajstić information content (AvgIpc) is 3.01. The van der Waals surface area contributed by atoms with Crippen LogP contribution in [0, 0.1) is 0 Å². The molecule has 11 heteroatoms. The van der Waals surface area contributed by atoms with Gasteiger partial charge in [-0.1, -0.05) is 0 Å². The Morgan fingerprint density at radius 2 is 1.83 bits per heavy atom. The molecule has 1 aliphatic rings. The van der Waals surface area contributed by atoms with E-state index >= 15 is 0 Å². The molecule has 2 aromatic rings. The molecule has 2 unspecified atom stereocenters. The number of carbonyl (C=O) groups is 3. The minimum Gasteiger partial charge on any atom is -0.436 e. The number of aromatic nitrogens is 4. The molecule has 2 atom stereocenters. The maximum atomic E-state index is 12.6. The number of rotatable bonds is 2. The summed E-state index contributed by atoms with van der Waals surface area (Å²) in [4.78, 5) is 54.8. The Hall–Kier alpha value is -3.24. The van der Waals surface area contributed by atoms with Crippen LogP contribution in [-0.2, 0) is 19.1 Å². The number of imidazole rings is 1. The van der Waals surface area contributed by atoms with Crippen molar-refractivity contribution in [2.45, 2.75) is 33.2 Å². The van der Waals surface area contributed by atoms with E-state index in [1.165, 1.54) is 20.2 Å². The van der Waals surface area contributed by atoms with Crippen molar-refractivity contribution in [2.24, 2.45) is 0 Å². The van der Waals surface area contributed by atoms with Gasteiger partial charge in [-0.2, -0.15) is 4.98 Å². The van der Waals surface area contributed by atoms with Gasteiger partial charge in [0, 0.05) is 20.8 Å². The Morgan fingerprint density at radius 3 is 2.42 bits per heavy atom. The first-order valence-corrected chi connectivity index (χ1v) is 6.91. The van der Waals surface area contributed by atoms with Gasteiger partial charge in [0.25, 0.3) is 5.56 Å². The minimum atomic E-state index is -1.23. The SMILES string of the molecule is CC(=O)OC1Nc2nc3c(ncn3C(C)=O)c(=O)n2C1OC(C)=O. The van der Waals surface area contributed by atoms with Gasteiger partial charge in [-0.05, 0) is 0 Å². The van der Waals surface area contributed by atoms with Crippen molar-refractivity contribution in [3.63, 3.8) is 0 Å². The van der Waals surface area contributed by atoms with Crippen LogP contribution in [-0.4, -0.2) is 43.2 Å². The summed E-state index contributed by atoms with van der Waals surface area (Å²) in [7, 11) is 0. The van der Waals surface area contributed by atoms with E-state index in [9.17, 15) is 19.2 Å². The molecule has 11 nitrogen and oxygen atoms in total. The van der Waals surface area contributed by atoms with Gasteiger partial charge in [0.1, 0.15) is 6.33 Å². The molecule has 0 radical (unpaired) electrons. The second kappa shape index (κ2) is 5.44. The van der Waals surface area contributed by atoms with Crippen molar-refractivity contribution < 1.29 is 23.9 Å². The van der Waals surface area contributed by atoms with Crippen molar-refractivity contribution >= 4 is 35.0 Å². The first kappa shape index (κ1) is 15.6. The largest absolute Gasteiger partial charge is 0.436 e. The lowest BCUT2D eigenvalue weighted by Crippen LogP contribution is -2.34. The van der Waals surface area contributed by atoms with Gasteiger partial charge in [0.05, 0.1) is 0 Å². The fraction of sp³-hybridized carbons (Fsp3) is 0.385. The smallest absolute Gasteiger partial charge is 0.304 e. The van der Waals surface area contributed by atoms with E-state index in [0.29, 0.717) is 0 Å². The van der Waals surface area contributed by atoms with Gasteiger partial charge in [-0.15, -0.1) is 0 Å². The van der Waals surface area contributed by atoms with Crippen molar-refractivity contribution in [1.29, 1.82) is 0 Å². The zero-order valence-corrected chi connectivity index (χ0v) is 13.0. The number of nitrogens with zero attached hydrogens (tertiary/aromatic N) is 4.